The van der Waals surface area contributed by atoms with E-state index in [4.69, 9.17) is 4.98 Å². The molecule has 0 radical (unpaired) electrons. The molecule has 0 saturated heterocycles. The van der Waals surface area contributed by atoms with Crippen molar-refractivity contribution < 1.29 is 4.79 Å². The molecule has 0 aliphatic rings. The predicted octanol–water partition coefficient (Wildman–Crippen LogP) is 4.75. The van der Waals surface area contributed by atoms with Crippen LogP contribution < -0.4 is 5.32 Å². The standard InChI is InChI=1S/C26H24N6O/c1-17-14-23(32(29-17)16-19-10-6-4-7-11-19)28-26(33)21-15-22(20-12-8-5-9-13-20)27-25-24(21)18(2)30-31(25)3/h4-15H,16H2,1-3H3,(H,28,33). The number of carbonyl (C=O) groups is 1. The highest BCUT2D eigenvalue weighted by molar-refractivity contribution is 6.13. The van der Waals surface area contributed by atoms with Crippen LogP contribution in [0.2, 0.25) is 0 Å². The molecule has 0 atom stereocenters. The number of hydrogen-bond acceptors (Lipinski definition) is 4. The third-order valence-corrected chi connectivity index (χ3v) is 5.60. The summed E-state index contributed by atoms with van der Waals surface area (Å²) in [6.45, 7) is 4.38. The summed E-state index contributed by atoms with van der Waals surface area (Å²) in [6.07, 6.45) is 0. The van der Waals surface area contributed by atoms with Crippen molar-refractivity contribution in [2.24, 2.45) is 7.05 Å². The van der Waals surface area contributed by atoms with Gasteiger partial charge in [-0.15, -0.1) is 0 Å². The largest absolute Gasteiger partial charge is 0.307 e. The van der Waals surface area contributed by atoms with E-state index in [0.29, 0.717) is 23.6 Å². The van der Waals surface area contributed by atoms with Gasteiger partial charge in [-0.1, -0.05) is 60.7 Å². The molecule has 5 rings (SSSR count). The molecule has 1 amide bonds. The first-order chi connectivity index (χ1) is 16.0. The second kappa shape index (κ2) is 8.35. The van der Waals surface area contributed by atoms with E-state index in [1.54, 1.807) is 4.68 Å². The maximum atomic E-state index is 13.6. The number of anilines is 1. The zero-order valence-corrected chi connectivity index (χ0v) is 18.8. The minimum absolute atomic E-state index is 0.218. The first-order valence-electron chi connectivity index (χ1n) is 10.8. The molecule has 0 saturated carbocycles. The molecule has 2 aromatic carbocycles. The molecular formula is C26H24N6O. The molecule has 3 aromatic heterocycles. The lowest BCUT2D eigenvalue weighted by Crippen LogP contribution is -2.17. The molecule has 0 aliphatic heterocycles. The molecule has 0 fully saturated rings. The van der Waals surface area contributed by atoms with Crippen molar-refractivity contribution in [1.82, 2.24) is 24.5 Å². The summed E-state index contributed by atoms with van der Waals surface area (Å²) < 4.78 is 3.53. The van der Waals surface area contributed by atoms with Crippen molar-refractivity contribution in [1.29, 1.82) is 0 Å². The number of nitrogens with one attached hydrogen (secondary N) is 1. The Morgan fingerprint density at radius 1 is 0.939 bits per heavy atom. The van der Waals surface area contributed by atoms with E-state index in [2.05, 4.69) is 15.5 Å². The first-order valence-corrected chi connectivity index (χ1v) is 10.8. The van der Waals surface area contributed by atoms with Crippen molar-refractivity contribution in [3.8, 4) is 11.3 Å². The molecule has 0 aliphatic carbocycles. The average Bonchev–Trinajstić information content (AvgIpc) is 3.31. The topological polar surface area (TPSA) is 77.6 Å². The number of aromatic nitrogens is 5. The van der Waals surface area contributed by atoms with Crippen molar-refractivity contribution >= 4 is 22.8 Å². The molecule has 1 N–H and O–H groups in total. The second-order valence-electron chi connectivity index (χ2n) is 8.10. The average molecular weight is 437 g/mol. The van der Waals surface area contributed by atoms with Crippen LogP contribution in [0.25, 0.3) is 22.3 Å². The van der Waals surface area contributed by atoms with E-state index in [9.17, 15) is 4.79 Å². The third-order valence-electron chi connectivity index (χ3n) is 5.60. The smallest absolute Gasteiger partial charge is 0.257 e. The molecule has 0 bridgehead atoms. The van der Waals surface area contributed by atoms with E-state index < -0.39 is 0 Å². The number of carbonyl (C=O) groups excluding carboxylic acids is 1. The lowest BCUT2D eigenvalue weighted by Gasteiger charge is -2.11. The molecule has 7 heteroatoms. The number of amides is 1. The van der Waals surface area contributed by atoms with Crippen LogP contribution in [-0.4, -0.2) is 30.5 Å². The molecule has 0 spiro atoms. The Balaban J connectivity index is 1.56. The summed E-state index contributed by atoms with van der Waals surface area (Å²) in [4.78, 5) is 18.4. The maximum Gasteiger partial charge on any atom is 0.257 e. The number of hydrogen-bond donors (Lipinski definition) is 1. The van der Waals surface area contributed by atoms with Crippen LogP contribution in [0.3, 0.4) is 0 Å². The number of rotatable bonds is 5. The van der Waals surface area contributed by atoms with Gasteiger partial charge in [0.15, 0.2) is 5.65 Å². The van der Waals surface area contributed by atoms with Crippen molar-refractivity contribution in [2.75, 3.05) is 5.32 Å². The van der Waals surface area contributed by atoms with Gasteiger partial charge in [-0.25, -0.2) is 9.67 Å². The molecule has 3 heterocycles. The van der Waals surface area contributed by atoms with Crippen LogP contribution in [0.4, 0.5) is 5.82 Å². The normalized spacial score (nSPS) is 11.1. The van der Waals surface area contributed by atoms with E-state index in [1.165, 1.54) is 0 Å². The van der Waals surface area contributed by atoms with Crippen molar-refractivity contribution in [3.63, 3.8) is 0 Å². The molecular weight excluding hydrogens is 412 g/mol. The van der Waals surface area contributed by atoms with E-state index in [-0.39, 0.29) is 5.91 Å². The Labute approximate surface area is 191 Å². The third kappa shape index (κ3) is 4.01. The fourth-order valence-corrected chi connectivity index (χ4v) is 4.09. The zero-order valence-electron chi connectivity index (χ0n) is 18.8. The fraction of sp³-hybridized carbons (Fsp3) is 0.154. The van der Waals surface area contributed by atoms with Gasteiger partial charge in [-0.3, -0.25) is 9.48 Å². The van der Waals surface area contributed by atoms with Gasteiger partial charge in [0.25, 0.3) is 5.91 Å². The highest BCUT2D eigenvalue weighted by atomic mass is 16.1. The monoisotopic (exact) mass is 436 g/mol. The van der Waals surface area contributed by atoms with Gasteiger partial charge in [-0.05, 0) is 25.5 Å². The van der Waals surface area contributed by atoms with Crippen LogP contribution in [0.5, 0.6) is 0 Å². The van der Waals surface area contributed by atoms with E-state index in [1.807, 2.05) is 98.4 Å². The van der Waals surface area contributed by atoms with Gasteiger partial charge in [-0.2, -0.15) is 10.2 Å². The van der Waals surface area contributed by atoms with Gasteiger partial charge in [0.1, 0.15) is 5.82 Å². The molecule has 5 aromatic rings. The Bertz CT molecular complexity index is 1450. The van der Waals surface area contributed by atoms with Gasteiger partial charge < -0.3 is 5.32 Å². The summed E-state index contributed by atoms with van der Waals surface area (Å²) in [5, 5.41) is 12.9. The number of fused-ring (bicyclic) bond motifs is 1. The maximum absolute atomic E-state index is 13.6. The Morgan fingerprint density at radius 3 is 2.36 bits per heavy atom. The van der Waals surface area contributed by atoms with Crippen LogP contribution in [-0.2, 0) is 13.6 Å². The number of benzene rings is 2. The number of pyridine rings is 1. The van der Waals surface area contributed by atoms with Gasteiger partial charge >= 0.3 is 0 Å². The van der Waals surface area contributed by atoms with Crippen molar-refractivity contribution in [3.05, 3.63) is 95.3 Å². The highest BCUT2D eigenvalue weighted by Gasteiger charge is 2.20. The fourth-order valence-electron chi connectivity index (χ4n) is 4.09. The highest BCUT2D eigenvalue weighted by Crippen LogP contribution is 2.27. The van der Waals surface area contributed by atoms with E-state index in [0.717, 1.165) is 33.6 Å². The Morgan fingerprint density at radius 2 is 1.64 bits per heavy atom. The predicted molar refractivity (Wildman–Crippen MR) is 129 cm³/mol. The first kappa shape index (κ1) is 20.6. The lowest BCUT2D eigenvalue weighted by atomic mass is 10.0. The molecule has 7 nitrogen and oxygen atoms in total. The van der Waals surface area contributed by atoms with Crippen LogP contribution in [0.15, 0.2) is 72.8 Å². The minimum Gasteiger partial charge on any atom is -0.307 e. The number of aryl methyl sites for hydroxylation is 3. The quantitative estimate of drug-likeness (QED) is 0.431. The Kier molecular flexibility index (Phi) is 5.22. The summed E-state index contributed by atoms with van der Waals surface area (Å²) in [5.74, 6) is 0.430. The summed E-state index contributed by atoms with van der Waals surface area (Å²) >= 11 is 0. The van der Waals surface area contributed by atoms with Crippen LogP contribution in [0.1, 0.15) is 27.3 Å². The van der Waals surface area contributed by atoms with Crippen LogP contribution >= 0.6 is 0 Å². The summed E-state index contributed by atoms with van der Waals surface area (Å²) in [6, 6.07) is 23.6. The SMILES string of the molecule is Cc1cc(NC(=O)c2cc(-c3ccccc3)nc3c2c(C)nn3C)n(Cc2ccccc2)n1. The minimum atomic E-state index is -0.218. The van der Waals surface area contributed by atoms with Gasteiger partial charge in [0, 0.05) is 18.7 Å². The molecule has 33 heavy (non-hydrogen) atoms. The Hall–Kier alpha value is -4.26. The summed E-state index contributed by atoms with van der Waals surface area (Å²) in [5.41, 5.74) is 5.59. The van der Waals surface area contributed by atoms with Gasteiger partial charge in [0.2, 0.25) is 0 Å². The molecule has 0 unspecified atom stereocenters. The molecule has 164 valence electrons. The van der Waals surface area contributed by atoms with E-state index >= 15 is 0 Å². The van der Waals surface area contributed by atoms with Crippen molar-refractivity contribution in [2.45, 2.75) is 20.4 Å². The zero-order chi connectivity index (χ0) is 22.9. The lowest BCUT2D eigenvalue weighted by molar-refractivity contribution is 0.102. The second-order valence-corrected chi connectivity index (χ2v) is 8.10. The van der Waals surface area contributed by atoms with Gasteiger partial charge in [0.05, 0.1) is 34.6 Å². The van der Waals surface area contributed by atoms with Crippen LogP contribution in [0, 0.1) is 13.8 Å². The number of nitrogens with zero attached hydrogens (tertiary/aromatic N) is 5. The summed E-state index contributed by atoms with van der Waals surface area (Å²) in [7, 11) is 1.84.